The summed E-state index contributed by atoms with van der Waals surface area (Å²) in [5, 5.41) is 2.62. The van der Waals surface area contributed by atoms with Crippen molar-refractivity contribution in [3.8, 4) is 0 Å². The van der Waals surface area contributed by atoms with Gasteiger partial charge in [0.2, 0.25) is 0 Å². The highest BCUT2D eigenvalue weighted by atomic mass is 16.2. The molecular formula is C9H14N2O2. The number of nitrogens with one attached hydrogen (secondary N) is 1. The average Bonchev–Trinajstić information content (AvgIpc) is 2.22. The van der Waals surface area contributed by atoms with Crippen LogP contribution in [0.5, 0.6) is 0 Å². The van der Waals surface area contributed by atoms with E-state index >= 15 is 0 Å². The van der Waals surface area contributed by atoms with Crippen molar-refractivity contribution in [1.29, 1.82) is 0 Å². The van der Waals surface area contributed by atoms with Gasteiger partial charge in [0.25, 0.3) is 5.91 Å². The molecule has 1 N–H and O–H groups in total. The molecule has 3 amide bonds. The molecule has 4 heteroatoms. The zero-order valence-electron chi connectivity index (χ0n) is 7.91. The Balaban J connectivity index is 2.06. The molecule has 1 aliphatic carbocycles. The topological polar surface area (TPSA) is 49.4 Å². The van der Waals surface area contributed by atoms with E-state index < -0.39 is 0 Å². The fraction of sp³-hybridized carbons (Fsp3) is 0.778. The van der Waals surface area contributed by atoms with E-state index in [0.29, 0.717) is 5.92 Å². The van der Waals surface area contributed by atoms with Gasteiger partial charge in [0.05, 0.1) is 0 Å². The highest BCUT2D eigenvalue weighted by Crippen LogP contribution is 2.32. The first-order valence-electron chi connectivity index (χ1n) is 4.73. The predicted octanol–water partition coefficient (Wildman–Crippen LogP) is 0.725. The lowest BCUT2D eigenvalue weighted by molar-refractivity contribution is -0.130. The fourth-order valence-corrected chi connectivity index (χ4v) is 2.04. The summed E-state index contributed by atoms with van der Waals surface area (Å²) in [6.07, 6.45) is 1.93. The number of carbonyl (C=O) groups excluding carboxylic acids is 2. The summed E-state index contributed by atoms with van der Waals surface area (Å²) < 4.78 is 0. The summed E-state index contributed by atoms with van der Waals surface area (Å²) in [4.78, 5) is 24.2. The van der Waals surface area contributed by atoms with Crippen molar-refractivity contribution in [3.05, 3.63) is 0 Å². The Labute approximate surface area is 77.3 Å². The number of amides is 3. The van der Waals surface area contributed by atoms with E-state index in [9.17, 15) is 9.59 Å². The van der Waals surface area contributed by atoms with E-state index in [1.165, 1.54) is 4.90 Å². The zero-order chi connectivity index (χ0) is 9.59. The second kappa shape index (κ2) is 2.72. The molecule has 0 spiro atoms. The lowest BCUT2D eigenvalue weighted by Gasteiger charge is -2.37. The van der Waals surface area contributed by atoms with Crippen LogP contribution in [0.25, 0.3) is 0 Å². The fourth-order valence-electron chi connectivity index (χ4n) is 2.04. The summed E-state index contributed by atoms with van der Waals surface area (Å²) in [6.45, 7) is 3.86. The molecule has 1 unspecified atom stereocenters. The molecule has 1 atom stereocenters. The maximum absolute atomic E-state index is 11.5. The van der Waals surface area contributed by atoms with Gasteiger partial charge >= 0.3 is 6.03 Å². The minimum atomic E-state index is -0.330. The minimum Gasteiger partial charge on any atom is -0.326 e. The Morgan fingerprint density at radius 2 is 1.92 bits per heavy atom. The molecule has 4 nitrogen and oxygen atoms in total. The molecule has 2 rings (SSSR count). The normalized spacial score (nSPS) is 38.9. The van der Waals surface area contributed by atoms with Crippen LogP contribution < -0.4 is 5.32 Å². The van der Waals surface area contributed by atoms with Crippen LogP contribution >= 0.6 is 0 Å². The van der Waals surface area contributed by atoms with Gasteiger partial charge in [-0.05, 0) is 25.7 Å². The molecule has 1 aliphatic heterocycles. The molecule has 13 heavy (non-hydrogen) atoms. The van der Waals surface area contributed by atoms with Gasteiger partial charge in [0, 0.05) is 6.04 Å². The quantitative estimate of drug-likeness (QED) is 0.607. The third-order valence-electron chi connectivity index (χ3n) is 2.88. The Morgan fingerprint density at radius 3 is 2.31 bits per heavy atom. The third kappa shape index (κ3) is 1.20. The van der Waals surface area contributed by atoms with Crippen LogP contribution in [0.15, 0.2) is 0 Å². The summed E-state index contributed by atoms with van der Waals surface area (Å²) in [6, 6.07) is -0.384. The van der Waals surface area contributed by atoms with Crippen molar-refractivity contribution in [3.63, 3.8) is 0 Å². The molecule has 2 aliphatic rings. The van der Waals surface area contributed by atoms with Crippen LogP contribution in [0.1, 0.15) is 26.7 Å². The van der Waals surface area contributed by atoms with Crippen LogP contribution in [0, 0.1) is 5.92 Å². The van der Waals surface area contributed by atoms with Gasteiger partial charge in [-0.15, -0.1) is 0 Å². The van der Waals surface area contributed by atoms with Crippen molar-refractivity contribution < 1.29 is 9.59 Å². The number of carbonyl (C=O) groups is 2. The molecule has 72 valence electrons. The van der Waals surface area contributed by atoms with Crippen molar-refractivity contribution in [2.75, 3.05) is 0 Å². The average molecular weight is 182 g/mol. The maximum Gasteiger partial charge on any atom is 0.325 e. The predicted molar refractivity (Wildman–Crippen MR) is 47.0 cm³/mol. The first kappa shape index (κ1) is 8.53. The second-order valence-corrected chi connectivity index (χ2v) is 4.11. The molecule has 2 fully saturated rings. The molecular weight excluding hydrogens is 168 g/mol. The number of rotatable bonds is 1. The Morgan fingerprint density at radius 1 is 1.31 bits per heavy atom. The van der Waals surface area contributed by atoms with Gasteiger partial charge in [0.15, 0.2) is 0 Å². The number of hydrogen-bond donors (Lipinski definition) is 1. The lowest BCUT2D eigenvalue weighted by Crippen LogP contribution is -2.47. The van der Waals surface area contributed by atoms with Crippen molar-refractivity contribution >= 4 is 11.9 Å². The van der Waals surface area contributed by atoms with Crippen LogP contribution in [-0.4, -0.2) is 28.9 Å². The Hall–Kier alpha value is -1.06. The van der Waals surface area contributed by atoms with Crippen LogP contribution in [0.4, 0.5) is 4.79 Å². The van der Waals surface area contributed by atoms with Gasteiger partial charge in [-0.2, -0.15) is 0 Å². The van der Waals surface area contributed by atoms with Crippen molar-refractivity contribution in [2.24, 2.45) is 5.92 Å². The van der Waals surface area contributed by atoms with Gasteiger partial charge < -0.3 is 5.32 Å². The van der Waals surface area contributed by atoms with Crippen molar-refractivity contribution in [2.45, 2.75) is 38.8 Å². The van der Waals surface area contributed by atoms with E-state index in [2.05, 4.69) is 12.2 Å². The minimum absolute atomic E-state index is 0.0677. The molecule has 0 radical (unpaired) electrons. The standard InChI is InChI=1S/C9H14N2O2/c1-5-3-7(4-5)11-8(12)6(2)10-9(11)13/h5-7H,3-4H2,1-2H3,(H,10,13). The van der Waals surface area contributed by atoms with E-state index in [4.69, 9.17) is 0 Å². The van der Waals surface area contributed by atoms with Crippen molar-refractivity contribution in [1.82, 2.24) is 10.2 Å². The summed E-state index contributed by atoms with van der Waals surface area (Å²) in [5.74, 6) is 0.586. The first-order valence-corrected chi connectivity index (χ1v) is 4.73. The molecule has 1 saturated carbocycles. The van der Waals surface area contributed by atoms with Crippen LogP contribution in [-0.2, 0) is 4.79 Å². The summed E-state index contributed by atoms with van der Waals surface area (Å²) in [5.41, 5.74) is 0. The van der Waals surface area contributed by atoms with Gasteiger partial charge in [-0.1, -0.05) is 6.92 Å². The largest absolute Gasteiger partial charge is 0.326 e. The van der Waals surface area contributed by atoms with Crippen LogP contribution in [0.2, 0.25) is 0 Å². The lowest BCUT2D eigenvalue weighted by atomic mass is 9.81. The van der Waals surface area contributed by atoms with Gasteiger partial charge in [-0.25, -0.2) is 4.79 Å². The third-order valence-corrected chi connectivity index (χ3v) is 2.88. The zero-order valence-corrected chi connectivity index (χ0v) is 7.91. The van der Waals surface area contributed by atoms with E-state index in [1.807, 2.05) is 0 Å². The van der Waals surface area contributed by atoms with E-state index in [1.54, 1.807) is 6.92 Å². The summed E-state index contributed by atoms with van der Waals surface area (Å²) in [7, 11) is 0. The van der Waals surface area contributed by atoms with Crippen LogP contribution in [0.3, 0.4) is 0 Å². The van der Waals surface area contributed by atoms with E-state index in [0.717, 1.165) is 12.8 Å². The van der Waals surface area contributed by atoms with Gasteiger partial charge in [0.1, 0.15) is 6.04 Å². The Kier molecular flexibility index (Phi) is 1.78. The van der Waals surface area contributed by atoms with Gasteiger partial charge in [-0.3, -0.25) is 9.69 Å². The number of imide groups is 1. The number of urea groups is 1. The molecule has 0 bridgehead atoms. The summed E-state index contributed by atoms with van der Waals surface area (Å²) >= 11 is 0. The first-order chi connectivity index (χ1) is 6.09. The SMILES string of the molecule is CC1CC(N2C(=O)NC(C)C2=O)C1. The molecule has 0 aromatic rings. The van der Waals surface area contributed by atoms with E-state index in [-0.39, 0.29) is 24.0 Å². The smallest absolute Gasteiger partial charge is 0.325 e. The maximum atomic E-state index is 11.5. The highest BCUT2D eigenvalue weighted by Gasteiger charge is 2.43. The molecule has 0 aromatic heterocycles. The number of hydrogen-bond acceptors (Lipinski definition) is 2. The monoisotopic (exact) mass is 182 g/mol. The number of nitrogens with zero attached hydrogens (tertiary/aromatic N) is 1. The second-order valence-electron chi connectivity index (χ2n) is 4.11. The molecule has 1 saturated heterocycles. The molecule has 0 aromatic carbocycles. The molecule has 1 heterocycles. The Bertz CT molecular complexity index is 258. The highest BCUT2D eigenvalue weighted by molar-refractivity contribution is 6.04.